The largest absolute Gasteiger partial charge is 0.593 e. The molecule has 5 rings (SSSR count). The molecule has 2 atom stereocenters. The summed E-state index contributed by atoms with van der Waals surface area (Å²) in [6.07, 6.45) is 8.62. The Balaban J connectivity index is 1.63. The molecule has 3 aromatic rings. The van der Waals surface area contributed by atoms with Crippen LogP contribution in [0.2, 0.25) is 0 Å². The zero-order chi connectivity index (χ0) is 17.0. The third kappa shape index (κ3) is 2.11. The summed E-state index contributed by atoms with van der Waals surface area (Å²) in [7, 11) is 0. The van der Waals surface area contributed by atoms with Crippen LogP contribution in [-0.2, 0) is 5.41 Å². The molecule has 0 radical (unpaired) electrons. The molecule has 1 aliphatic carbocycles. The summed E-state index contributed by atoms with van der Waals surface area (Å²) in [5, 5.41) is 10.0. The maximum absolute atomic E-state index is 7.76. The fourth-order valence-electron chi connectivity index (χ4n) is 3.92. The predicted octanol–water partition coefficient (Wildman–Crippen LogP) is 5.09. The molecule has 2 heteroatoms. The number of hydrogen-bond donors (Lipinski definition) is 0. The van der Waals surface area contributed by atoms with Crippen LogP contribution in [0.15, 0.2) is 78.9 Å². The Hall–Kier alpha value is -3.00. The van der Waals surface area contributed by atoms with Gasteiger partial charge in [0.15, 0.2) is 0 Å². The molecule has 0 fully saturated rings. The van der Waals surface area contributed by atoms with Gasteiger partial charge in [0.25, 0.3) is 5.75 Å². The highest BCUT2D eigenvalue weighted by molar-refractivity contribution is 5.88. The van der Waals surface area contributed by atoms with Crippen molar-refractivity contribution >= 4 is 10.8 Å². The molecule has 0 bridgehead atoms. The van der Waals surface area contributed by atoms with Crippen molar-refractivity contribution < 1.29 is 9.84 Å². The van der Waals surface area contributed by atoms with E-state index in [4.69, 9.17) is 9.84 Å². The van der Waals surface area contributed by atoms with Gasteiger partial charge in [-0.3, -0.25) is 0 Å². The minimum absolute atomic E-state index is 0.0785. The summed E-state index contributed by atoms with van der Waals surface area (Å²) < 4.78 is 6.13. The molecule has 1 heterocycles. The van der Waals surface area contributed by atoms with Crippen LogP contribution < -0.4 is 4.74 Å². The van der Waals surface area contributed by atoms with Crippen LogP contribution in [0.3, 0.4) is 0 Å². The van der Waals surface area contributed by atoms with E-state index in [-0.39, 0.29) is 11.5 Å². The number of ether oxygens (including phenoxy) is 1. The monoisotopic (exact) mass is 327 g/mol. The molecule has 1 aliphatic heterocycles. The first-order valence-corrected chi connectivity index (χ1v) is 8.56. The van der Waals surface area contributed by atoms with Gasteiger partial charge in [-0.25, -0.2) is 0 Å². The van der Waals surface area contributed by atoms with Crippen molar-refractivity contribution in [1.82, 2.24) is 0 Å². The first kappa shape index (κ1) is 14.4. The minimum Gasteiger partial charge on any atom is -0.593 e. The van der Waals surface area contributed by atoms with Gasteiger partial charge in [-0.15, -0.1) is 0 Å². The number of fused-ring (bicyclic) bond motifs is 4. The van der Waals surface area contributed by atoms with Gasteiger partial charge < -0.3 is 9.84 Å². The fraction of sp³-hybridized carbons (Fsp3) is 0.130. The Morgan fingerprint density at radius 2 is 1.64 bits per heavy atom. The maximum atomic E-state index is 7.76. The van der Waals surface area contributed by atoms with Crippen molar-refractivity contribution in [1.29, 1.82) is 0 Å². The van der Waals surface area contributed by atoms with Crippen LogP contribution in [0, 0.1) is 0 Å². The topological polar surface area (TPSA) is 32.1 Å². The van der Waals surface area contributed by atoms with Crippen molar-refractivity contribution in [2.75, 3.05) is 0 Å². The van der Waals surface area contributed by atoms with E-state index in [0.29, 0.717) is 5.75 Å². The summed E-state index contributed by atoms with van der Waals surface area (Å²) in [5.74, 6) is 1.53. The Bertz CT molecular complexity index is 1060. The lowest BCUT2D eigenvalue weighted by Crippen LogP contribution is -2.32. The molecule has 0 saturated heterocycles. The molecule has 2 N–H and O–H groups in total. The number of benzene rings is 3. The van der Waals surface area contributed by atoms with Crippen molar-refractivity contribution in [3.63, 3.8) is 0 Å². The molecule has 2 nitrogen and oxygen atoms in total. The summed E-state index contributed by atoms with van der Waals surface area (Å²) in [6.45, 7) is 2.24. The van der Waals surface area contributed by atoms with E-state index in [1.807, 2.05) is 18.2 Å². The van der Waals surface area contributed by atoms with Crippen molar-refractivity contribution in [3.05, 3.63) is 84.5 Å². The van der Waals surface area contributed by atoms with Gasteiger partial charge in [0.2, 0.25) is 0 Å². The number of allylic oxidation sites excluding steroid dienone is 2. The SMILES string of the molecule is CC12C=CC=CC1Oc1ccc(-c3ccc4cc([OH2+])ccc4c3)cc12. The van der Waals surface area contributed by atoms with Crippen LogP contribution >= 0.6 is 0 Å². The van der Waals surface area contributed by atoms with E-state index >= 15 is 0 Å². The van der Waals surface area contributed by atoms with E-state index in [2.05, 4.69) is 67.6 Å². The van der Waals surface area contributed by atoms with Gasteiger partial charge in [0.05, 0.1) is 5.41 Å². The van der Waals surface area contributed by atoms with Gasteiger partial charge >= 0.3 is 0 Å². The molecular formula is C23H19O2+. The first-order chi connectivity index (χ1) is 12.1. The predicted molar refractivity (Wildman–Crippen MR) is 102 cm³/mol. The molecule has 122 valence electrons. The second-order valence-electron chi connectivity index (χ2n) is 7.05. The van der Waals surface area contributed by atoms with Gasteiger partial charge in [-0.05, 0) is 59.2 Å². The quantitative estimate of drug-likeness (QED) is 0.573. The standard InChI is InChI=1S/C23H18O2/c1-23-11-3-2-4-22(23)25-21-10-8-18(14-20(21)23)15-5-6-17-13-19(24)9-7-16(17)12-15/h2-14,22,24H,1H3/p+1. The van der Waals surface area contributed by atoms with Gasteiger partial charge in [-0.2, -0.15) is 0 Å². The van der Waals surface area contributed by atoms with Crippen molar-refractivity contribution in [2.45, 2.75) is 18.4 Å². The maximum Gasteiger partial charge on any atom is 0.254 e. The van der Waals surface area contributed by atoms with Crippen LogP contribution in [0.1, 0.15) is 12.5 Å². The molecular weight excluding hydrogens is 308 g/mol. The van der Waals surface area contributed by atoms with E-state index in [0.717, 1.165) is 16.5 Å². The Morgan fingerprint density at radius 3 is 2.56 bits per heavy atom. The van der Waals surface area contributed by atoms with Crippen LogP contribution in [0.4, 0.5) is 0 Å². The highest BCUT2D eigenvalue weighted by Gasteiger charge is 2.43. The van der Waals surface area contributed by atoms with Crippen LogP contribution in [0.25, 0.3) is 21.9 Å². The second-order valence-corrected chi connectivity index (χ2v) is 7.05. The molecule has 0 amide bonds. The van der Waals surface area contributed by atoms with E-state index < -0.39 is 0 Å². The lowest BCUT2D eigenvalue weighted by molar-refractivity contribution is 0.228. The molecule has 2 unspecified atom stereocenters. The number of rotatable bonds is 1. The lowest BCUT2D eigenvalue weighted by Gasteiger charge is -2.27. The Kier molecular flexibility index (Phi) is 2.87. The van der Waals surface area contributed by atoms with Gasteiger partial charge in [0, 0.05) is 17.7 Å². The first-order valence-electron chi connectivity index (χ1n) is 8.56. The number of hydrogen-bond acceptors (Lipinski definition) is 1. The molecule has 3 aromatic carbocycles. The average molecular weight is 327 g/mol. The van der Waals surface area contributed by atoms with Crippen LogP contribution in [0.5, 0.6) is 11.5 Å². The molecule has 0 aromatic heterocycles. The van der Waals surface area contributed by atoms with Gasteiger partial charge in [-0.1, -0.05) is 36.4 Å². The Labute approximate surface area is 146 Å². The van der Waals surface area contributed by atoms with Gasteiger partial charge in [0.1, 0.15) is 11.9 Å². The normalized spacial score (nSPS) is 23.3. The fourth-order valence-corrected chi connectivity index (χ4v) is 3.92. The Morgan fingerprint density at radius 1 is 0.880 bits per heavy atom. The van der Waals surface area contributed by atoms with E-state index in [9.17, 15) is 0 Å². The van der Waals surface area contributed by atoms with E-state index in [1.54, 1.807) is 0 Å². The summed E-state index contributed by atoms with van der Waals surface area (Å²) >= 11 is 0. The summed E-state index contributed by atoms with van der Waals surface area (Å²) in [5.41, 5.74) is 3.54. The van der Waals surface area contributed by atoms with Crippen LogP contribution in [-0.4, -0.2) is 11.2 Å². The summed E-state index contributed by atoms with van der Waals surface area (Å²) in [6, 6.07) is 18.7. The van der Waals surface area contributed by atoms with Crippen molar-refractivity contribution in [2.24, 2.45) is 0 Å². The average Bonchev–Trinajstić information content (AvgIpc) is 2.93. The zero-order valence-electron chi connectivity index (χ0n) is 14.0. The molecule has 25 heavy (non-hydrogen) atoms. The van der Waals surface area contributed by atoms with Crippen molar-refractivity contribution in [3.8, 4) is 22.6 Å². The minimum atomic E-state index is -0.100. The zero-order valence-corrected chi connectivity index (χ0v) is 14.0. The molecule has 0 spiro atoms. The highest BCUT2D eigenvalue weighted by Crippen LogP contribution is 2.47. The third-order valence-corrected chi connectivity index (χ3v) is 5.42. The molecule has 2 aliphatic rings. The lowest BCUT2D eigenvalue weighted by atomic mass is 9.76. The second kappa shape index (κ2) is 5.00. The third-order valence-electron chi connectivity index (χ3n) is 5.42. The molecule has 0 saturated carbocycles. The smallest absolute Gasteiger partial charge is 0.254 e. The van der Waals surface area contributed by atoms with E-state index in [1.165, 1.54) is 16.7 Å². The summed E-state index contributed by atoms with van der Waals surface area (Å²) in [4.78, 5) is 0. The highest BCUT2D eigenvalue weighted by atomic mass is 16.5.